The fraction of sp³-hybridized carbons (Fsp3) is 0.391. The van der Waals surface area contributed by atoms with Crippen LogP contribution in [0.3, 0.4) is 0 Å². The summed E-state index contributed by atoms with van der Waals surface area (Å²) in [5.41, 5.74) is 2.05. The number of carbonyl (C=O) groups excluding carboxylic acids is 2. The van der Waals surface area contributed by atoms with Crippen molar-refractivity contribution in [3.63, 3.8) is 0 Å². The van der Waals surface area contributed by atoms with Crippen LogP contribution in [0.2, 0.25) is 0 Å². The smallest absolute Gasteiger partial charge is 0.243 e. The predicted octanol–water partition coefficient (Wildman–Crippen LogP) is 3.14. The Balaban J connectivity index is 1.64. The van der Waals surface area contributed by atoms with E-state index in [0.29, 0.717) is 30.3 Å². The van der Waals surface area contributed by atoms with Crippen LogP contribution >= 0.6 is 0 Å². The molecule has 1 aliphatic rings. The molecular weight excluding hydrogens is 400 g/mol. The van der Waals surface area contributed by atoms with E-state index in [4.69, 9.17) is 0 Å². The van der Waals surface area contributed by atoms with E-state index in [1.165, 1.54) is 18.6 Å². The van der Waals surface area contributed by atoms with E-state index in [0.717, 1.165) is 29.8 Å². The molecule has 6 nitrogen and oxygen atoms in total. The number of piperidine rings is 1. The molecule has 1 saturated heterocycles. The number of ketones is 1. The molecule has 0 bridgehead atoms. The van der Waals surface area contributed by atoms with Crippen LogP contribution in [0.15, 0.2) is 54.6 Å². The van der Waals surface area contributed by atoms with E-state index >= 15 is 0 Å². The van der Waals surface area contributed by atoms with Crippen molar-refractivity contribution in [2.24, 2.45) is 5.92 Å². The second-order valence-electron chi connectivity index (χ2n) is 7.89. The van der Waals surface area contributed by atoms with E-state index in [2.05, 4.69) is 12.1 Å². The van der Waals surface area contributed by atoms with Gasteiger partial charge in [-0.3, -0.25) is 13.9 Å². The van der Waals surface area contributed by atoms with Crippen LogP contribution in [0.4, 0.5) is 5.69 Å². The number of likely N-dealkylation sites (tertiary alicyclic amines) is 1. The average Bonchev–Trinajstić information content (AvgIpc) is 2.72. The van der Waals surface area contributed by atoms with Gasteiger partial charge in [-0.1, -0.05) is 42.5 Å². The van der Waals surface area contributed by atoms with Crippen molar-refractivity contribution in [2.75, 3.05) is 30.2 Å². The van der Waals surface area contributed by atoms with Crippen LogP contribution in [0.1, 0.15) is 35.7 Å². The molecule has 0 radical (unpaired) electrons. The molecule has 0 unspecified atom stereocenters. The van der Waals surface area contributed by atoms with Crippen molar-refractivity contribution in [1.29, 1.82) is 0 Å². The van der Waals surface area contributed by atoms with Crippen molar-refractivity contribution in [3.05, 3.63) is 65.7 Å². The average molecular weight is 429 g/mol. The Labute approximate surface area is 178 Å². The topological polar surface area (TPSA) is 74.8 Å². The van der Waals surface area contributed by atoms with Crippen LogP contribution in [0.25, 0.3) is 0 Å². The molecule has 1 aliphatic heterocycles. The van der Waals surface area contributed by atoms with E-state index in [-0.39, 0.29) is 18.2 Å². The lowest BCUT2D eigenvalue weighted by Gasteiger charge is -2.33. The Morgan fingerprint density at radius 1 is 1.03 bits per heavy atom. The standard InChI is InChI=1S/C23H28N2O4S/c1-18(26)21-9-6-10-22(16-21)25(30(2,28)29)17-23(27)24-13-11-20(12-14-24)15-19-7-4-3-5-8-19/h3-10,16,20H,11-15,17H2,1-2H3. The second-order valence-corrected chi connectivity index (χ2v) is 9.80. The first-order valence-electron chi connectivity index (χ1n) is 10.1. The monoisotopic (exact) mass is 428 g/mol. The summed E-state index contributed by atoms with van der Waals surface area (Å²) in [6.07, 6.45) is 3.88. The first-order chi connectivity index (χ1) is 14.2. The molecule has 0 saturated carbocycles. The first-order valence-corrected chi connectivity index (χ1v) is 12.0. The highest BCUT2D eigenvalue weighted by atomic mass is 32.2. The van der Waals surface area contributed by atoms with Crippen molar-refractivity contribution < 1.29 is 18.0 Å². The van der Waals surface area contributed by atoms with Crippen LogP contribution < -0.4 is 4.31 Å². The quantitative estimate of drug-likeness (QED) is 0.635. The van der Waals surface area contributed by atoms with Gasteiger partial charge in [0.15, 0.2) is 5.78 Å². The van der Waals surface area contributed by atoms with Crippen molar-refractivity contribution in [1.82, 2.24) is 4.90 Å². The van der Waals surface area contributed by atoms with Gasteiger partial charge in [0, 0.05) is 18.7 Å². The van der Waals surface area contributed by atoms with E-state index in [9.17, 15) is 18.0 Å². The van der Waals surface area contributed by atoms with Crippen molar-refractivity contribution in [3.8, 4) is 0 Å². The van der Waals surface area contributed by atoms with Gasteiger partial charge in [0.1, 0.15) is 6.54 Å². The minimum absolute atomic E-state index is 0.155. The molecule has 1 amide bonds. The predicted molar refractivity (Wildman–Crippen MR) is 118 cm³/mol. The largest absolute Gasteiger partial charge is 0.341 e. The summed E-state index contributed by atoms with van der Waals surface area (Å²) in [6, 6.07) is 16.7. The molecule has 1 heterocycles. The highest BCUT2D eigenvalue weighted by Gasteiger charge is 2.27. The number of hydrogen-bond donors (Lipinski definition) is 0. The lowest BCUT2D eigenvalue weighted by Crippen LogP contribution is -2.46. The SMILES string of the molecule is CC(=O)c1cccc(N(CC(=O)N2CCC(Cc3ccccc3)CC2)S(C)(=O)=O)c1. The summed E-state index contributed by atoms with van der Waals surface area (Å²) in [5, 5.41) is 0. The molecule has 2 aromatic rings. The third kappa shape index (κ3) is 5.69. The molecule has 3 rings (SSSR count). The minimum atomic E-state index is -3.67. The number of carbonyl (C=O) groups is 2. The Kier molecular flexibility index (Phi) is 6.92. The highest BCUT2D eigenvalue weighted by molar-refractivity contribution is 7.92. The normalized spacial score (nSPS) is 15.1. The molecule has 0 aromatic heterocycles. The maximum Gasteiger partial charge on any atom is 0.243 e. The minimum Gasteiger partial charge on any atom is -0.341 e. The molecular formula is C23H28N2O4S. The molecule has 7 heteroatoms. The number of Topliss-reactive ketones (excluding diaryl/α,β-unsaturated/α-hetero) is 1. The molecule has 0 spiro atoms. The number of amides is 1. The van der Waals surface area contributed by atoms with Crippen molar-refractivity contribution >= 4 is 27.4 Å². The zero-order valence-corrected chi connectivity index (χ0v) is 18.3. The third-order valence-corrected chi connectivity index (χ3v) is 6.69. The number of sulfonamides is 1. The lowest BCUT2D eigenvalue weighted by atomic mass is 9.90. The van der Waals surface area contributed by atoms with Crippen molar-refractivity contribution in [2.45, 2.75) is 26.2 Å². The van der Waals surface area contributed by atoms with Crippen LogP contribution in [0, 0.1) is 5.92 Å². The summed E-state index contributed by atoms with van der Waals surface area (Å²) < 4.78 is 25.8. The Bertz CT molecular complexity index is 997. The maximum absolute atomic E-state index is 12.9. The third-order valence-electron chi connectivity index (χ3n) is 5.55. The maximum atomic E-state index is 12.9. The van der Waals surface area contributed by atoms with Gasteiger partial charge in [-0.05, 0) is 49.8 Å². The van der Waals surface area contributed by atoms with Gasteiger partial charge >= 0.3 is 0 Å². The van der Waals surface area contributed by atoms with Gasteiger partial charge in [-0.25, -0.2) is 8.42 Å². The molecule has 0 aliphatic carbocycles. The molecule has 160 valence electrons. The van der Waals surface area contributed by atoms with Gasteiger partial charge in [0.05, 0.1) is 11.9 Å². The molecule has 0 atom stereocenters. The van der Waals surface area contributed by atoms with Gasteiger partial charge in [-0.15, -0.1) is 0 Å². The summed E-state index contributed by atoms with van der Waals surface area (Å²) in [4.78, 5) is 26.3. The fourth-order valence-electron chi connectivity index (χ4n) is 3.84. The first kappa shape index (κ1) is 22.0. The van der Waals surface area contributed by atoms with E-state index in [1.807, 2.05) is 18.2 Å². The Hall–Kier alpha value is -2.67. The molecule has 2 aromatic carbocycles. The van der Waals surface area contributed by atoms with E-state index in [1.54, 1.807) is 23.1 Å². The van der Waals surface area contributed by atoms with Crippen LogP contribution in [-0.4, -0.2) is 50.9 Å². The zero-order valence-electron chi connectivity index (χ0n) is 17.5. The summed E-state index contributed by atoms with van der Waals surface area (Å²) in [5.74, 6) is 0.152. The van der Waals surface area contributed by atoms with Gasteiger partial charge < -0.3 is 4.90 Å². The van der Waals surface area contributed by atoms with E-state index < -0.39 is 10.0 Å². The second kappa shape index (κ2) is 9.43. The van der Waals surface area contributed by atoms with Crippen LogP contribution in [0.5, 0.6) is 0 Å². The molecule has 30 heavy (non-hydrogen) atoms. The van der Waals surface area contributed by atoms with Gasteiger partial charge in [0.25, 0.3) is 0 Å². The highest BCUT2D eigenvalue weighted by Crippen LogP contribution is 2.23. The van der Waals surface area contributed by atoms with Gasteiger partial charge in [-0.2, -0.15) is 0 Å². The number of rotatable bonds is 7. The zero-order chi connectivity index (χ0) is 21.7. The summed E-state index contributed by atoms with van der Waals surface area (Å²) in [7, 11) is -3.67. The fourth-order valence-corrected chi connectivity index (χ4v) is 4.68. The Morgan fingerprint density at radius 2 is 1.70 bits per heavy atom. The number of nitrogens with zero attached hydrogens (tertiary/aromatic N) is 2. The number of anilines is 1. The van der Waals surface area contributed by atoms with Gasteiger partial charge in [0.2, 0.25) is 15.9 Å². The lowest BCUT2D eigenvalue weighted by molar-refractivity contribution is -0.130. The summed E-state index contributed by atoms with van der Waals surface area (Å²) >= 11 is 0. The molecule has 0 N–H and O–H groups in total. The number of hydrogen-bond acceptors (Lipinski definition) is 4. The Morgan fingerprint density at radius 3 is 2.30 bits per heavy atom. The summed E-state index contributed by atoms with van der Waals surface area (Å²) in [6.45, 7) is 2.42. The number of benzene rings is 2. The van der Waals surface area contributed by atoms with Crippen LogP contribution in [-0.2, 0) is 21.2 Å². The molecule has 1 fully saturated rings.